The first-order valence-electron chi connectivity index (χ1n) is 8.47. The smallest absolute Gasteiger partial charge is 0.315 e. The minimum atomic E-state index is -0.939. The van der Waals surface area contributed by atoms with Crippen LogP contribution in [-0.2, 0) is 16.1 Å². The van der Waals surface area contributed by atoms with E-state index in [1.807, 2.05) is 18.2 Å². The normalized spacial score (nSPS) is 22.9. The average Bonchev–Trinajstić information content (AvgIpc) is 2.64. The fraction of sp³-hybridized carbons (Fsp3) is 0.474. The Balaban J connectivity index is 1.97. The Morgan fingerprint density at radius 1 is 1.28 bits per heavy atom. The molecule has 0 radical (unpaired) electrons. The number of piperidine rings is 1. The number of ether oxygens (including phenoxy) is 2. The van der Waals surface area contributed by atoms with Gasteiger partial charge in [-0.3, -0.25) is 9.59 Å². The van der Waals surface area contributed by atoms with Crippen molar-refractivity contribution in [3.8, 4) is 11.5 Å². The molecule has 1 fully saturated rings. The third-order valence-electron chi connectivity index (χ3n) is 5.23. The summed E-state index contributed by atoms with van der Waals surface area (Å²) >= 11 is 0. The molecule has 1 aliphatic heterocycles. The van der Waals surface area contributed by atoms with Crippen LogP contribution in [0.25, 0.3) is 0 Å². The van der Waals surface area contributed by atoms with E-state index < -0.39 is 11.4 Å². The van der Waals surface area contributed by atoms with E-state index in [0.29, 0.717) is 36.6 Å². The third-order valence-corrected chi connectivity index (χ3v) is 5.23. The number of carbonyl (C=O) groups is 2. The minimum Gasteiger partial charge on any atom is -0.497 e. The lowest BCUT2D eigenvalue weighted by Gasteiger charge is -2.44. The Morgan fingerprint density at radius 3 is 2.76 bits per heavy atom. The van der Waals surface area contributed by atoms with Gasteiger partial charge in [-0.05, 0) is 37.8 Å². The summed E-state index contributed by atoms with van der Waals surface area (Å²) < 4.78 is 10.6. The molecule has 0 spiro atoms. The molecular weight excluding hydrogens is 322 g/mol. The van der Waals surface area contributed by atoms with Crippen LogP contribution in [0.5, 0.6) is 11.5 Å². The lowest BCUT2D eigenvalue weighted by atomic mass is 9.70. The van der Waals surface area contributed by atoms with Gasteiger partial charge in [0.15, 0.2) is 0 Å². The molecule has 1 aromatic rings. The summed E-state index contributed by atoms with van der Waals surface area (Å²) in [6, 6.07) is 5.43. The topological polar surface area (TPSA) is 76.1 Å². The van der Waals surface area contributed by atoms with Crippen LogP contribution < -0.4 is 9.47 Å². The summed E-state index contributed by atoms with van der Waals surface area (Å²) in [4.78, 5) is 26.2. The summed E-state index contributed by atoms with van der Waals surface area (Å²) in [6.45, 7) is 0.298. The first-order valence-corrected chi connectivity index (χ1v) is 8.47. The van der Waals surface area contributed by atoms with Crippen LogP contribution in [0.1, 0.15) is 37.7 Å². The Morgan fingerprint density at radius 2 is 2.08 bits per heavy atom. The largest absolute Gasteiger partial charge is 0.497 e. The van der Waals surface area contributed by atoms with Crippen LogP contribution in [0.15, 0.2) is 30.0 Å². The van der Waals surface area contributed by atoms with Crippen molar-refractivity contribution >= 4 is 11.9 Å². The van der Waals surface area contributed by atoms with E-state index in [1.165, 1.54) is 0 Å². The van der Waals surface area contributed by atoms with Crippen molar-refractivity contribution in [3.63, 3.8) is 0 Å². The number of methoxy groups -OCH3 is 2. The zero-order valence-corrected chi connectivity index (χ0v) is 14.6. The Bertz CT molecular complexity index is 727. The molecule has 2 aliphatic rings. The molecule has 25 heavy (non-hydrogen) atoms. The predicted molar refractivity (Wildman–Crippen MR) is 91.3 cm³/mol. The van der Waals surface area contributed by atoms with Crippen LogP contribution in [0.2, 0.25) is 0 Å². The molecule has 0 saturated carbocycles. The molecule has 1 amide bonds. The highest BCUT2D eigenvalue weighted by molar-refractivity contribution is 5.87. The van der Waals surface area contributed by atoms with Gasteiger partial charge in [0.1, 0.15) is 16.9 Å². The van der Waals surface area contributed by atoms with E-state index in [2.05, 4.69) is 0 Å². The van der Waals surface area contributed by atoms with Gasteiger partial charge in [0, 0.05) is 23.7 Å². The maximum atomic E-state index is 12.6. The Kier molecular flexibility index (Phi) is 4.70. The van der Waals surface area contributed by atoms with Crippen LogP contribution in [0, 0.1) is 5.41 Å². The summed E-state index contributed by atoms with van der Waals surface area (Å²) in [5.41, 5.74) is 0.524. The predicted octanol–water partition coefficient (Wildman–Crippen LogP) is 2.97. The quantitative estimate of drug-likeness (QED) is 0.888. The van der Waals surface area contributed by atoms with E-state index in [1.54, 1.807) is 25.2 Å². The second kappa shape index (κ2) is 6.78. The number of carbonyl (C=O) groups excluding carboxylic acids is 1. The van der Waals surface area contributed by atoms with Gasteiger partial charge in [0.2, 0.25) is 5.91 Å². The molecular formula is C19H23NO5. The van der Waals surface area contributed by atoms with Gasteiger partial charge in [-0.2, -0.15) is 0 Å². The standard InChI is InChI=1S/C19H23NO5/c1-24-14-7-6-13(15(11-14)25-2)12-20-16-5-3-4-9-19(16,18(22)23)10-8-17(20)21/h5-7,11H,3-4,8-10,12H2,1-2H3,(H,22,23)/t19-/m1/s1. The number of hydrogen-bond donors (Lipinski definition) is 1. The van der Waals surface area contributed by atoms with E-state index in [0.717, 1.165) is 18.4 Å². The van der Waals surface area contributed by atoms with Gasteiger partial charge in [-0.1, -0.05) is 6.08 Å². The lowest BCUT2D eigenvalue weighted by Crippen LogP contribution is -2.49. The van der Waals surface area contributed by atoms with Crippen molar-refractivity contribution in [3.05, 3.63) is 35.5 Å². The molecule has 1 saturated heterocycles. The van der Waals surface area contributed by atoms with Crippen molar-refractivity contribution in [1.82, 2.24) is 4.90 Å². The third kappa shape index (κ3) is 2.97. The first-order chi connectivity index (χ1) is 12.0. The second-order valence-electron chi connectivity index (χ2n) is 6.53. The molecule has 0 bridgehead atoms. The number of allylic oxidation sites excluding steroid dienone is 1. The van der Waals surface area contributed by atoms with E-state index in [-0.39, 0.29) is 12.3 Å². The molecule has 0 aromatic heterocycles. The van der Waals surface area contributed by atoms with Crippen molar-refractivity contribution < 1.29 is 24.2 Å². The zero-order chi connectivity index (χ0) is 18.0. The molecule has 134 valence electrons. The Labute approximate surface area is 147 Å². The molecule has 6 heteroatoms. The molecule has 6 nitrogen and oxygen atoms in total. The summed E-state index contributed by atoms with van der Waals surface area (Å²) in [7, 11) is 3.15. The number of benzene rings is 1. The molecule has 3 rings (SSSR count). The number of hydrogen-bond acceptors (Lipinski definition) is 4. The van der Waals surface area contributed by atoms with Gasteiger partial charge >= 0.3 is 5.97 Å². The maximum absolute atomic E-state index is 12.6. The highest BCUT2D eigenvalue weighted by Gasteiger charge is 2.49. The molecule has 1 N–H and O–H groups in total. The van der Waals surface area contributed by atoms with Crippen LogP contribution in [0.3, 0.4) is 0 Å². The maximum Gasteiger partial charge on any atom is 0.315 e. The average molecular weight is 345 g/mol. The SMILES string of the molecule is COc1ccc(CN2C(=O)CC[C@]3(C(=O)O)CCCC=C23)c(OC)c1. The number of aliphatic carboxylic acids is 1. The minimum absolute atomic E-state index is 0.0390. The van der Waals surface area contributed by atoms with Gasteiger partial charge < -0.3 is 19.5 Å². The monoisotopic (exact) mass is 345 g/mol. The van der Waals surface area contributed by atoms with Gasteiger partial charge in [-0.15, -0.1) is 0 Å². The summed E-state index contributed by atoms with van der Waals surface area (Å²) in [6.07, 6.45) is 4.77. The number of fused-ring (bicyclic) bond motifs is 1. The summed E-state index contributed by atoms with van der Waals surface area (Å²) in [5.74, 6) is 0.415. The van der Waals surface area contributed by atoms with Crippen LogP contribution in [0.4, 0.5) is 0 Å². The number of amides is 1. The van der Waals surface area contributed by atoms with E-state index >= 15 is 0 Å². The molecule has 1 heterocycles. The second-order valence-corrected chi connectivity index (χ2v) is 6.53. The highest BCUT2D eigenvalue weighted by Crippen LogP contribution is 2.47. The van der Waals surface area contributed by atoms with Crippen molar-refractivity contribution in [1.29, 1.82) is 0 Å². The number of nitrogens with zero attached hydrogens (tertiary/aromatic N) is 1. The number of carboxylic acids is 1. The van der Waals surface area contributed by atoms with Crippen LogP contribution >= 0.6 is 0 Å². The molecule has 0 unspecified atom stereocenters. The van der Waals surface area contributed by atoms with Crippen molar-refractivity contribution in [2.75, 3.05) is 14.2 Å². The van der Waals surface area contributed by atoms with E-state index in [9.17, 15) is 14.7 Å². The van der Waals surface area contributed by atoms with Crippen LogP contribution in [-0.4, -0.2) is 36.1 Å². The lowest BCUT2D eigenvalue weighted by molar-refractivity contribution is -0.153. The summed E-state index contributed by atoms with van der Waals surface area (Å²) in [5, 5.41) is 9.84. The van der Waals surface area contributed by atoms with Gasteiger partial charge in [0.05, 0.1) is 20.8 Å². The van der Waals surface area contributed by atoms with Gasteiger partial charge in [-0.25, -0.2) is 0 Å². The molecule has 1 aromatic carbocycles. The fourth-order valence-corrected chi connectivity index (χ4v) is 3.83. The van der Waals surface area contributed by atoms with Gasteiger partial charge in [0.25, 0.3) is 0 Å². The molecule has 1 aliphatic carbocycles. The first kappa shape index (κ1) is 17.3. The highest BCUT2D eigenvalue weighted by atomic mass is 16.5. The number of carboxylic acid groups (broad SMARTS) is 1. The van der Waals surface area contributed by atoms with Crippen molar-refractivity contribution in [2.24, 2.45) is 5.41 Å². The molecule has 1 atom stereocenters. The number of likely N-dealkylation sites (tertiary alicyclic amines) is 1. The van der Waals surface area contributed by atoms with E-state index in [4.69, 9.17) is 9.47 Å². The van der Waals surface area contributed by atoms with Crippen molar-refractivity contribution in [2.45, 2.75) is 38.6 Å². The number of rotatable bonds is 5. The fourth-order valence-electron chi connectivity index (χ4n) is 3.83. The Hall–Kier alpha value is -2.50. The zero-order valence-electron chi connectivity index (χ0n) is 14.6.